The van der Waals surface area contributed by atoms with Gasteiger partial charge in [0.05, 0.1) is 0 Å². The van der Waals surface area contributed by atoms with Gasteiger partial charge in [0, 0.05) is 17.8 Å². The molecule has 1 aromatic carbocycles. The van der Waals surface area contributed by atoms with Gasteiger partial charge in [-0.05, 0) is 79.9 Å². The van der Waals surface area contributed by atoms with Crippen LogP contribution in [0.5, 0.6) is 0 Å². The molecule has 24 heavy (non-hydrogen) atoms. The van der Waals surface area contributed by atoms with E-state index in [0.29, 0.717) is 16.7 Å². The number of anilines is 1. The van der Waals surface area contributed by atoms with Crippen molar-refractivity contribution in [3.8, 4) is 0 Å². The van der Waals surface area contributed by atoms with Crippen LogP contribution in [-0.4, -0.2) is 18.5 Å². The van der Waals surface area contributed by atoms with Crippen molar-refractivity contribution in [2.75, 3.05) is 11.9 Å². The van der Waals surface area contributed by atoms with Crippen LogP contribution < -0.4 is 16.4 Å². The van der Waals surface area contributed by atoms with Crippen molar-refractivity contribution in [2.24, 2.45) is 28.9 Å². The third-order valence-corrected chi connectivity index (χ3v) is 6.18. The number of carbonyl (C=O) groups is 2. The van der Waals surface area contributed by atoms with Gasteiger partial charge in [0.2, 0.25) is 0 Å². The van der Waals surface area contributed by atoms with Gasteiger partial charge >= 0.3 is 6.03 Å². The average Bonchev–Trinajstić information content (AvgIpc) is 2.51. The highest BCUT2D eigenvalue weighted by Gasteiger charge is 2.50. The highest BCUT2D eigenvalue weighted by atomic mass is 16.2. The summed E-state index contributed by atoms with van der Waals surface area (Å²) in [5.74, 6) is 2.59. The number of carbonyl (C=O) groups excluding carboxylic acids is 2. The molecule has 4 saturated carbocycles. The maximum atomic E-state index is 12.5. The van der Waals surface area contributed by atoms with Crippen molar-refractivity contribution in [2.45, 2.75) is 38.5 Å². The molecule has 0 saturated heterocycles. The minimum atomic E-state index is -0.624. The summed E-state index contributed by atoms with van der Waals surface area (Å²) in [4.78, 5) is 23.5. The molecule has 4 aliphatic rings. The van der Waals surface area contributed by atoms with Gasteiger partial charge in [-0.3, -0.25) is 4.79 Å². The second kappa shape index (κ2) is 5.80. The molecule has 0 aromatic heterocycles. The topological polar surface area (TPSA) is 84.2 Å². The van der Waals surface area contributed by atoms with Crippen LogP contribution in [0.2, 0.25) is 0 Å². The SMILES string of the molecule is NC(=O)Nc1cccc(C(=O)NCC23CC4CC(CC(C4)C2)C3)c1. The molecule has 0 unspecified atom stereocenters. The summed E-state index contributed by atoms with van der Waals surface area (Å²) in [5.41, 5.74) is 6.56. The van der Waals surface area contributed by atoms with Crippen molar-refractivity contribution in [3.63, 3.8) is 0 Å². The molecule has 3 amide bonds. The third kappa shape index (κ3) is 2.99. The first-order valence-corrected chi connectivity index (χ1v) is 8.96. The zero-order chi connectivity index (χ0) is 16.7. The van der Waals surface area contributed by atoms with E-state index in [0.717, 1.165) is 24.3 Å². The van der Waals surface area contributed by atoms with Gasteiger partial charge < -0.3 is 16.4 Å². The van der Waals surface area contributed by atoms with Crippen LogP contribution in [0.4, 0.5) is 10.5 Å². The smallest absolute Gasteiger partial charge is 0.316 e. The lowest BCUT2D eigenvalue weighted by Gasteiger charge is -2.56. The molecule has 4 aliphatic carbocycles. The van der Waals surface area contributed by atoms with Crippen LogP contribution in [-0.2, 0) is 0 Å². The Morgan fingerprint density at radius 2 is 1.71 bits per heavy atom. The highest BCUT2D eigenvalue weighted by Crippen LogP contribution is 2.59. The van der Waals surface area contributed by atoms with Gasteiger partial charge in [0.25, 0.3) is 5.91 Å². The summed E-state index contributed by atoms with van der Waals surface area (Å²) in [5, 5.41) is 5.66. The third-order valence-electron chi connectivity index (χ3n) is 6.18. The molecular weight excluding hydrogens is 302 g/mol. The van der Waals surface area contributed by atoms with Crippen LogP contribution in [0.3, 0.4) is 0 Å². The van der Waals surface area contributed by atoms with Crippen LogP contribution in [0.15, 0.2) is 24.3 Å². The standard InChI is InChI=1S/C19H25N3O2/c20-18(24)22-16-3-1-2-15(7-16)17(23)21-11-19-8-12-4-13(9-19)6-14(5-12)10-19/h1-3,7,12-14H,4-6,8-11H2,(H,21,23)(H3,20,22,24). The first kappa shape index (κ1) is 15.5. The summed E-state index contributed by atoms with van der Waals surface area (Å²) in [6.07, 6.45) is 8.07. The van der Waals surface area contributed by atoms with Crippen LogP contribution in [0.1, 0.15) is 48.9 Å². The predicted octanol–water partition coefficient (Wildman–Crippen LogP) is 3.12. The molecule has 0 radical (unpaired) electrons. The maximum Gasteiger partial charge on any atom is 0.316 e. The Morgan fingerprint density at radius 1 is 1.08 bits per heavy atom. The molecule has 5 heteroatoms. The van der Waals surface area contributed by atoms with E-state index in [1.165, 1.54) is 38.5 Å². The van der Waals surface area contributed by atoms with E-state index < -0.39 is 6.03 Å². The minimum Gasteiger partial charge on any atom is -0.351 e. The number of amides is 3. The Balaban J connectivity index is 1.41. The minimum absolute atomic E-state index is 0.0705. The van der Waals surface area contributed by atoms with E-state index in [1.54, 1.807) is 24.3 Å². The lowest BCUT2D eigenvalue weighted by molar-refractivity contribution is -0.0503. The van der Waals surface area contributed by atoms with E-state index in [4.69, 9.17) is 5.73 Å². The van der Waals surface area contributed by atoms with Crippen molar-refractivity contribution in [1.29, 1.82) is 0 Å². The molecular formula is C19H25N3O2. The summed E-state index contributed by atoms with van der Waals surface area (Å²) in [7, 11) is 0. The van der Waals surface area contributed by atoms with Crippen molar-refractivity contribution in [3.05, 3.63) is 29.8 Å². The van der Waals surface area contributed by atoms with Gasteiger partial charge in [-0.25, -0.2) is 4.79 Å². The fourth-order valence-electron chi connectivity index (χ4n) is 5.76. The number of nitrogens with one attached hydrogen (secondary N) is 2. The second-order valence-electron chi connectivity index (χ2n) is 8.17. The highest BCUT2D eigenvalue weighted by molar-refractivity contribution is 5.96. The summed E-state index contributed by atoms with van der Waals surface area (Å²) in [6.45, 7) is 0.781. The van der Waals surface area contributed by atoms with E-state index in [2.05, 4.69) is 10.6 Å². The van der Waals surface area contributed by atoms with E-state index in [1.807, 2.05) is 0 Å². The van der Waals surface area contributed by atoms with E-state index >= 15 is 0 Å². The summed E-state index contributed by atoms with van der Waals surface area (Å²) < 4.78 is 0. The Labute approximate surface area is 142 Å². The van der Waals surface area contributed by atoms with E-state index in [-0.39, 0.29) is 5.91 Å². The molecule has 0 aliphatic heterocycles. The van der Waals surface area contributed by atoms with Crippen LogP contribution in [0.25, 0.3) is 0 Å². The number of primary amides is 1. The Hall–Kier alpha value is -2.04. The fourth-order valence-corrected chi connectivity index (χ4v) is 5.76. The van der Waals surface area contributed by atoms with Gasteiger partial charge in [-0.2, -0.15) is 0 Å². The largest absolute Gasteiger partial charge is 0.351 e. The monoisotopic (exact) mass is 327 g/mol. The number of benzene rings is 1. The molecule has 0 heterocycles. The number of hydrogen-bond acceptors (Lipinski definition) is 2. The lowest BCUT2D eigenvalue weighted by Crippen LogP contribution is -2.51. The fraction of sp³-hybridized carbons (Fsp3) is 0.579. The zero-order valence-corrected chi connectivity index (χ0v) is 13.9. The molecule has 1 aromatic rings. The molecule has 128 valence electrons. The Bertz CT molecular complexity index is 635. The Kier molecular flexibility index (Phi) is 3.74. The van der Waals surface area contributed by atoms with Crippen molar-refractivity contribution >= 4 is 17.6 Å². The van der Waals surface area contributed by atoms with E-state index in [9.17, 15) is 9.59 Å². The number of urea groups is 1. The molecule has 0 atom stereocenters. The molecule has 5 nitrogen and oxygen atoms in total. The lowest BCUT2D eigenvalue weighted by atomic mass is 9.49. The molecule has 4 fully saturated rings. The zero-order valence-electron chi connectivity index (χ0n) is 13.9. The maximum absolute atomic E-state index is 12.5. The Morgan fingerprint density at radius 3 is 2.29 bits per heavy atom. The average molecular weight is 327 g/mol. The summed E-state index contributed by atoms with van der Waals surface area (Å²) >= 11 is 0. The number of rotatable bonds is 4. The van der Waals surface area contributed by atoms with Crippen molar-refractivity contribution < 1.29 is 9.59 Å². The van der Waals surface area contributed by atoms with Crippen molar-refractivity contribution in [1.82, 2.24) is 5.32 Å². The number of nitrogens with two attached hydrogens (primary N) is 1. The quantitative estimate of drug-likeness (QED) is 0.794. The summed E-state index contributed by atoms with van der Waals surface area (Å²) in [6, 6.07) is 6.29. The van der Waals surface area contributed by atoms with Gasteiger partial charge in [-0.15, -0.1) is 0 Å². The number of hydrogen-bond donors (Lipinski definition) is 3. The predicted molar refractivity (Wildman–Crippen MR) is 92.6 cm³/mol. The second-order valence-corrected chi connectivity index (χ2v) is 8.17. The normalized spacial score (nSPS) is 33.2. The molecule has 4 bridgehead atoms. The first-order valence-electron chi connectivity index (χ1n) is 8.96. The first-order chi connectivity index (χ1) is 11.5. The van der Waals surface area contributed by atoms with Crippen LogP contribution >= 0.6 is 0 Å². The molecule has 0 spiro atoms. The molecule has 5 rings (SSSR count). The van der Waals surface area contributed by atoms with Gasteiger partial charge in [-0.1, -0.05) is 6.07 Å². The molecule has 4 N–H and O–H groups in total. The van der Waals surface area contributed by atoms with Gasteiger partial charge in [0.1, 0.15) is 0 Å². The van der Waals surface area contributed by atoms with Gasteiger partial charge in [0.15, 0.2) is 0 Å². The van der Waals surface area contributed by atoms with Crippen LogP contribution in [0, 0.1) is 23.2 Å².